The summed E-state index contributed by atoms with van der Waals surface area (Å²) in [6.07, 6.45) is 5.32. The van der Waals surface area contributed by atoms with Crippen LogP contribution in [0.25, 0.3) is 0 Å². The molecule has 2 aliphatic rings. The van der Waals surface area contributed by atoms with Gasteiger partial charge in [0.2, 0.25) is 0 Å². The fourth-order valence-electron chi connectivity index (χ4n) is 3.42. The quantitative estimate of drug-likeness (QED) is 0.902. The third-order valence-electron chi connectivity index (χ3n) is 4.96. The molecule has 1 N–H and O–H groups in total. The molecule has 3 nitrogen and oxygen atoms in total. The number of benzene rings is 1. The number of nitriles is 1. The molecule has 0 spiro atoms. The van der Waals surface area contributed by atoms with Gasteiger partial charge in [0.15, 0.2) is 0 Å². The molecule has 0 bridgehead atoms. The highest BCUT2D eigenvalue weighted by molar-refractivity contribution is 5.32. The maximum atomic E-state index is 8.92. The highest BCUT2D eigenvalue weighted by atomic mass is 15.2. The minimum absolute atomic E-state index is 0.458. The Hall–Kier alpha value is -1.37. The van der Waals surface area contributed by atoms with Crippen LogP contribution < -0.4 is 5.32 Å². The number of hydrogen-bond acceptors (Lipinski definition) is 3. The third kappa shape index (κ3) is 3.64. The molecule has 1 atom stereocenters. The fourth-order valence-corrected chi connectivity index (χ4v) is 3.42. The zero-order valence-corrected chi connectivity index (χ0v) is 12.9. The lowest BCUT2D eigenvalue weighted by molar-refractivity contribution is 0.152. The summed E-state index contributed by atoms with van der Waals surface area (Å²) in [5.74, 6) is 0.840. The minimum Gasteiger partial charge on any atom is -0.317 e. The van der Waals surface area contributed by atoms with E-state index in [4.69, 9.17) is 5.26 Å². The first-order valence-electron chi connectivity index (χ1n) is 8.24. The van der Waals surface area contributed by atoms with Crippen LogP contribution in [0.2, 0.25) is 0 Å². The predicted octanol–water partition coefficient (Wildman–Crippen LogP) is 3.08. The van der Waals surface area contributed by atoms with E-state index in [0.717, 1.165) is 17.5 Å². The zero-order chi connectivity index (χ0) is 14.7. The van der Waals surface area contributed by atoms with Crippen molar-refractivity contribution in [3.63, 3.8) is 0 Å². The van der Waals surface area contributed by atoms with Gasteiger partial charge in [0.1, 0.15) is 0 Å². The lowest BCUT2D eigenvalue weighted by atomic mass is 9.95. The Labute approximate surface area is 128 Å². The van der Waals surface area contributed by atoms with Crippen molar-refractivity contribution in [2.45, 2.75) is 44.7 Å². The van der Waals surface area contributed by atoms with E-state index in [1.807, 2.05) is 12.1 Å². The van der Waals surface area contributed by atoms with Crippen molar-refractivity contribution in [1.82, 2.24) is 10.2 Å². The van der Waals surface area contributed by atoms with Gasteiger partial charge in [-0.05, 0) is 69.3 Å². The summed E-state index contributed by atoms with van der Waals surface area (Å²) in [5, 5.41) is 12.4. The van der Waals surface area contributed by atoms with Crippen LogP contribution in [0.15, 0.2) is 24.3 Å². The Morgan fingerprint density at radius 3 is 2.43 bits per heavy atom. The summed E-state index contributed by atoms with van der Waals surface area (Å²) in [6, 6.07) is 11.6. The second-order valence-electron chi connectivity index (χ2n) is 6.53. The van der Waals surface area contributed by atoms with Gasteiger partial charge in [-0.1, -0.05) is 12.1 Å². The van der Waals surface area contributed by atoms with Crippen molar-refractivity contribution in [1.29, 1.82) is 5.26 Å². The Balaban J connectivity index is 1.68. The largest absolute Gasteiger partial charge is 0.317 e. The fraction of sp³-hybridized carbons (Fsp3) is 0.611. The Bertz CT molecular complexity index is 492. The second kappa shape index (κ2) is 6.60. The van der Waals surface area contributed by atoms with E-state index in [1.54, 1.807) is 0 Å². The molecule has 0 radical (unpaired) electrons. The van der Waals surface area contributed by atoms with Crippen LogP contribution in [-0.4, -0.2) is 30.6 Å². The van der Waals surface area contributed by atoms with Gasteiger partial charge in [-0.2, -0.15) is 5.26 Å². The van der Waals surface area contributed by atoms with Crippen molar-refractivity contribution in [3.8, 4) is 6.07 Å². The summed E-state index contributed by atoms with van der Waals surface area (Å²) in [7, 11) is 0. The molecule has 2 fully saturated rings. The first kappa shape index (κ1) is 14.6. The van der Waals surface area contributed by atoms with Crippen LogP contribution in [0.4, 0.5) is 0 Å². The van der Waals surface area contributed by atoms with E-state index in [2.05, 4.69) is 35.3 Å². The molecular formula is C18H25N3. The van der Waals surface area contributed by atoms with Crippen LogP contribution in [0.5, 0.6) is 0 Å². The van der Waals surface area contributed by atoms with Crippen LogP contribution in [-0.2, 0) is 0 Å². The maximum Gasteiger partial charge on any atom is 0.0991 e. The summed E-state index contributed by atoms with van der Waals surface area (Å²) in [4.78, 5) is 2.71. The van der Waals surface area contributed by atoms with Crippen LogP contribution in [0.1, 0.15) is 49.8 Å². The van der Waals surface area contributed by atoms with E-state index in [-0.39, 0.29) is 0 Å². The van der Waals surface area contributed by atoms with Gasteiger partial charge in [0.05, 0.1) is 11.6 Å². The molecule has 3 heteroatoms. The van der Waals surface area contributed by atoms with Gasteiger partial charge in [0, 0.05) is 18.6 Å². The standard InChI is InChI=1S/C18H25N3/c1-14(17-4-2-15(12-19)3-5-17)21(18-6-7-18)13-16-8-10-20-11-9-16/h2-5,14,16,18,20H,6-11,13H2,1H3. The van der Waals surface area contributed by atoms with E-state index < -0.39 is 0 Å². The molecule has 1 aromatic carbocycles. The van der Waals surface area contributed by atoms with Crippen LogP contribution in [0.3, 0.4) is 0 Å². The zero-order valence-electron chi connectivity index (χ0n) is 12.9. The molecule has 1 aromatic rings. The summed E-state index contributed by atoms with van der Waals surface area (Å²) >= 11 is 0. The van der Waals surface area contributed by atoms with Gasteiger partial charge in [0.25, 0.3) is 0 Å². The van der Waals surface area contributed by atoms with E-state index >= 15 is 0 Å². The topological polar surface area (TPSA) is 39.1 Å². The summed E-state index contributed by atoms with van der Waals surface area (Å²) in [6.45, 7) is 5.90. The smallest absolute Gasteiger partial charge is 0.0991 e. The molecule has 1 aliphatic carbocycles. The molecule has 1 aliphatic heterocycles. The Kier molecular flexibility index (Phi) is 4.57. The number of nitrogens with one attached hydrogen (secondary N) is 1. The number of hydrogen-bond donors (Lipinski definition) is 1. The van der Waals surface area contributed by atoms with E-state index in [0.29, 0.717) is 6.04 Å². The Morgan fingerprint density at radius 2 is 1.86 bits per heavy atom. The molecule has 1 unspecified atom stereocenters. The molecular weight excluding hydrogens is 258 g/mol. The van der Waals surface area contributed by atoms with Gasteiger partial charge < -0.3 is 5.32 Å². The SMILES string of the molecule is CC(c1ccc(C#N)cc1)N(CC1CCNCC1)C1CC1. The van der Waals surface area contributed by atoms with Crippen molar-refractivity contribution in [2.24, 2.45) is 5.92 Å². The molecule has 0 amide bonds. The second-order valence-corrected chi connectivity index (χ2v) is 6.53. The van der Waals surface area contributed by atoms with Crippen molar-refractivity contribution in [2.75, 3.05) is 19.6 Å². The van der Waals surface area contributed by atoms with Crippen LogP contribution >= 0.6 is 0 Å². The normalized spacial score (nSPS) is 21.2. The van der Waals surface area contributed by atoms with Gasteiger partial charge >= 0.3 is 0 Å². The monoisotopic (exact) mass is 283 g/mol. The van der Waals surface area contributed by atoms with Crippen LogP contribution in [0, 0.1) is 17.2 Å². The average molecular weight is 283 g/mol. The highest BCUT2D eigenvalue weighted by Crippen LogP contribution is 2.35. The molecule has 112 valence electrons. The predicted molar refractivity (Wildman–Crippen MR) is 84.9 cm³/mol. The van der Waals surface area contributed by atoms with E-state index in [1.165, 1.54) is 50.9 Å². The number of nitrogens with zero attached hydrogens (tertiary/aromatic N) is 2. The van der Waals surface area contributed by atoms with Gasteiger partial charge in [-0.25, -0.2) is 0 Å². The molecule has 3 rings (SSSR count). The molecule has 1 saturated heterocycles. The molecule has 0 aromatic heterocycles. The van der Waals surface area contributed by atoms with Gasteiger partial charge in [-0.15, -0.1) is 0 Å². The minimum atomic E-state index is 0.458. The number of rotatable bonds is 5. The Morgan fingerprint density at radius 1 is 1.19 bits per heavy atom. The van der Waals surface area contributed by atoms with Gasteiger partial charge in [-0.3, -0.25) is 4.90 Å². The molecule has 21 heavy (non-hydrogen) atoms. The highest BCUT2D eigenvalue weighted by Gasteiger charge is 2.34. The molecule has 1 saturated carbocycles. The van der Waals surface area contributed by atoms with Crippen molar-refractivity contribution < 1.29 is 0 Å². The first-order chi connectivity index (χ1) is 10.3. The van der Waals surface area contributed by atoms with E-state index in [9.17, 15) is 0 Å². The lowest BCUT2D eigenvalue weighted by Crippen LogP contribution is -2.38. The third-order valence-corrected chi connectivity index (χ3v) is 4.96. The average Bonchev–Trinajstić information content (AvgIpc) is 3.38. The number of piperidine rings is 1. The maximum absolute atomic E-state index is 8.92. The molecule has 1 heterocycles. The lowest BCUT2D eigenvalue weighted by Gasteiger charge is -2.34. The summed E-state index contributed by atoms with van der Waals surface area (Å²) in [5.41, 5.74) is 2.09. The summed E-state index contributed by atoms with van der Waals surface area (Å²) < 4.78 is 0. The van der Waals surface area contributed by atoms with Crippen molar-refractivity contribution in [3.05, 3.63) is 35.4 Å². The first-order valence-corrected chi connectivity index (χ1v) is 8.24. The van der Waals surface area contributed by atoms with Crippen molar-refractivity contribution >= 4 is 0 Å².